The highest BCUT2D eigenvalue weighted by Gasteiger charge is 2.59. The number of phenolic OH excluding ortho intramolecular Hbond substituents is 1. The second-order valence-corrected chi connectivity index (χ2v) is 15.3. The summed E-state index contributed by atoms with van der Waals surface area (Å²) in [4.78, 5) is 2.08. The number of alkyl halides is 6. The molecule has 44 heavy (non-hydrogen) atoms. The average molecular weight is 652 g/mol. The Balaban J connectivity index is 1.23. The van der Waals surface area contributed by atoms with Crippen molar-refractivity contribution in [2.45, 2.75) is 101 Å². The Labute approximate surface area is 259 Å². The van der Waals surface area contributed by atoms with Gasteiger partial charge in [0.2, 0.25) is 0 Å². The van der Waals surface area contributed by atoms with Gasteiger partial charge in [-0.1, -0.05) is 32.4 Å². The minimum atomic E-state index is -5.58. The third kappa shape index (κ3) is 7.51. The van der Waals surface area contributed by atoms with Crippen LogP contribution in [0.4, 0.5) is 26.3 Å². The normalized spacial score (nSPS) is 31.1. The van der Waals surface area contributed by atoms with Crippen LogP contribution in [0, 0.1) is 23.2 Å². The van der Waals surface area contributed by atoms with Crippen molar-refractivity contribution in [2.75, 3.05) is 31.6 Å². The molecule has 0 spiro atoms. The second-order valence-electron chi connectivity index (χ2n) is 13.6. The van der Waals surface area contributed by atoms with E-state index in [9.17, 15) is 36.4 Å². The van der Waals surface area contributed by atoms with Gasteiger partial charge in [-0.3, -0.25) is 4.21 Å². The number of benzene rings is 1. The molecular weight excluding hydrogens is 604 g/mol. The number of unbranched alkanes of at least 4 members (excludes halogenated alkanes) is 2. The van der Waals surface area contributed by atoms with Crippen molar-refractivity contribution in [1.29, 1.82) is 0 Å². The predicted molar refractivity (Wildman–Crippen MR) is 161 cm³/mol. The molecule has 0 amide bonds. The van der Waals surface area contributed by atoms with Gasteiger partial charge in [0.05, 0.1) is 6.10 Å². The molecular formula is C33H47F6NO3S. The van der Waals surface area contributed by atoms with Gasteiger partial charge in [0, 0.05) is 28.7 Å². The van der Waals surface area contributed by atoms with Crippen LogP contribution in [0.5, 0.6) is 5.75 Å². The topological polar surface area (TPSA) is 60.8 Å². The highest BCUT2D eigenvalue weighted by molar-refractivity contribution is 7.84. The van der Waals surface area contributed by atoms with Crippen LogP contribution in [0.1, 0.15) is 94.3 Å². The number of nitrogens with zero attached hydrogens (tertiary/aromatic N) is 1. The second kappa shape index (κ2) is 14.0. The van der Waals surface area contributed by atoms with Gasteiger partial charge in [0.25, 0.3) is 0 Å². The van der Waals surface area contributed by atoms with E-state index in [-0.39, 0.29) is 46.3 Å². The van der Waals surface area contributed by atoms with Crippen molar-refractivity contribution in [3.63, 3.8) is 0 Å². The van der Waals surface area contributed by atoms with Crippen LogP contribution < -0.4 is 0 Å². The zero-order valence-electron chi connectivity index (χ0n) is 25.7. The average Bonchev–Trinajstić information content (AvgIpc) is 3.17. The van der Waals surface area contributed by atoms with Crippen molar-refractivity contribution in [3.05, 3.63) is 41.5 Å². The third-order valence-corrected chi connectivity index (χ3v) is 12.2. The molecule has 2 N–H and O–H groups in total. The molecule has 0 aliphatic heterocycles. The molecule has 4 nitrogen and oxygen atoms in total. The smallest absolute Gasteiger partial charge is 0.453 e. The number of aromatic hydroxyl groups is 1. The minimum Gasteiger partial charge on any atom is -0.508 e. The van der Waals surface area contributed by atoms with Crippen molar-refractivity contribution >= 4 is 10.8 Å². The molecule has 2 fully saturated rings. The lowest BCUT2D eigenvalue weighted by atomic mass is 9.51. The maximum atomic E-state index is 16.3. The van der Waals surface area contributed by atoms with Gasteiger partial charge >= 0.3 is 12.1 Å². The first-order chi connectivity index (χ1) is 20.6. The van der Waals surface area contributed by atoms with Crippen LogP contribution in [0.3, 0.4) is 0 Å². The first-order valence-corrected chi connectivity index (χ1v) is 17.4. The molecule has 1 aromatic rings. The molecule has 0 bridgehead atoms. The first-order valence-electron chi connectivity index (χ1n) is 15.9. The van der Waals surface area contributed by atoms with E-state index in [1.807, 2.05) is 13.1 Å². The minimum absolute atomic E-state index is 0.0730. The molecule has 8 atom stereocenters. The molecule has 0 saturated heterocycles. The summed E-state index contributed by atoms with van der Waals surface area (Å²) in [6, 6.07) is 5.11. The highest BCUT2D eigenvalue weighted by atomic mass is 32.2. The van der Waals surface area contributed by atoms with E-state index in [1.54, 1.807) is 12.1 Å². The summed E-state index contributed by atoms with van der Waals surface area (Å²) < 4.78 is 91.1. The summed E-state index contributed by atoms with van der Waals surface area (Å²) in [5, 5.41) is 20.9. The maximum absolute atomic E-state index is 16.3. The van der Waals surface area contributed by atoms with Crippen molar-refractivity contribution in [2.24, 2.45) is 23.2 Å². The van der Waals surface area contributed by atoms with Gasteiger partial charge in [0.15, 0.2) is 0 Å². The van der Waals surface area contributed by atoms with E-state index in [2.05, 4.69) is 18.4 Å². The molecule has 2 saturated carbocycles. The molecule has 4 rings (SSSR count). The lowest BCUT2D eigenvalue weighted by Gasteiger charge is -2.53. The molecule has 11 heteroatoms. The Kier molecular flexibility index (Phi) is 11.3. The van der Waals surface area contributed by atoms with Gasteiger partial charge in [-0.05, 0) is 123 Å². The van der Waals surface area contributed by atoms with Crippen LogP contribution in [-0.2, 0) is 10.8 Å². The van der Waals surface area contributed by atoms with Gasteiger partial charge < -0.3 is 15.1 Å². The highest BCUT2D eigenvalue weighted by Crippen LogP contribution is 2.66. The number of rotatable bonds is 14. The number of hydrogen-bond acceptors (Lipinski definition) is 4. The standard InChI is InChI=1S/C33H47F6NO3S/c1-21-28(42)20-27-29-24(12-14-31(21,27)2)23-11-10-22(41)19-26(23)30(34)25(29)9-5-4-6-15-40(3)16-8-18-44(43)17-7-13-32(35,36)33(37,38)39/h10-11,19,24-25,27-30,41-42H,1,4-9,12-18,20H2,2-3H3/t24?,25?,27?,28-,29?,30-,31-,44?/m1/s1. The summed E-state index contributed by atoms with van der Waals surface area (Å²) in [6.07, 6.45) is -2.80. The Morgan fingerprint density at radius 3 is 2.43 bits per heavy atom. The van der Waals surface area contributed by atoms with Gasteiger partial charge in [-0.2, -0.15) is 22.0 Å². The van der Waals surface area contributed by atoms with Crippen LogP contribution in [0.2, 0.25) is 0 Å². The zero-order valence-corrected chi connectivity index (χ0v) is 26.5. The van der Waals surface area contributed by atoms with E-state index in [0.717, 1.165) is 49.8 Å². The van der Waals surface area contributed by atoms with E-state index in [4.69, 9.17) is 0 Å². The lowest BCUT2D eigenvalue weighted by molar-refractivity contribution is -0.284. The van der Waals surface area contributed by atoms with E-state index in [1.165, 1.54) is 0 Å². The first kappa shape index (κ1) is 35.3. The van der Waals surface area contributed by atoms with Crippen molar-refractivity contribution in [3.8, 4) is 5.75 Å². The largest absolute Gasteiger partial charge is 0.508 e. The van der Waals surface area contributed by atoms with Crippen molar-refractivity contribution < 1.29 is 40.8 Å². The van der Waals surface area contributed by atoms with Crippen LogP contribution in [0.15, 0.2) is 30.4 Å². The number of hydrogen-bond donors (Lipinski definition) is 2. The molecule has 3 aliphatic rings. The van der Waals surface area contributed by atoms with E-state index < -0.39 is 48.0 Å². The number of halogens is 6. The fourth-order valence-electron chi connectivity index (χ4n) is 8.23. The van der Waals surface area contributed by atoms with Gasteiger partial charge in [-0.25, -0.2) is 4.39 Å². The Bertz CT molecular complexity index is 1180. The fourth-order valence-corrected chi connectivity index (χ4v) is 9.35. The summed E-state index contributed by atoms with van der Waals surface area (Å²) in [5.41, 5.74) is 2.27. The monoisotopic (exact) mass is 651 g/mol. The van der Waals surface area contributed by atoms with Crippen LogP contribution in [0.25, 0.3) is 0 Å². The Morgan fingerprint density at radius 1 is 1.05 bits per heavy atom. The molecule has 0 radical (unpaired) electrons. The SMILES string of the molecule is C=C1[C@H](O)CC2C3C(CC[C@]12C)c1ccc(O)cc1[C@H](F)C3CCCCCN(C)CCCS(=O)CCCC(F)(F)C(F)(F)F. The molecule has 0 heterocycles. The maximum Gasteiger partial charge on any atom is 0.453 e. The fraction of sp³-hybridized carbons (Fsp3) is 0.758. The number of aliphatic hydroxyl groups excluding tert-OH is 1. The Hall–Kier alpha value is -1.59. The number of aliphatic hydroxyl groups is 1. The molecule has 250 valence electrons. The zero-order chi connectivity index (χ0) is 32.4. The lowest BCUT2D eigenvalue weighted by Crippen LogP contribution is -2.45. The number of phenols is 1. The molecule has 5 unspecified atom stereocenters. The van der Waals surface area contributed by atoms with E-state index >= 15 is 4.39 Å². The summed E-state index contributed by atoms with van der Waals surface area (Å²) in [5.74, 6) is -4.36. The molecule has 0 aromatic heterocycles. The molecule has 3 aliphatic carbocycles. The van der Waals surface area contributed by atoms with Crippen molar-refractivity contribution in [1.82, 2.24) is 4.90 Å². The third-order valence-electron chi connectivity index (χ3n) is 10.7. The quantitative estimate of drug-likeness (QED) is 0.121. The molecule has 1 aromatic carbocycles. The van der Waals surface area contributed by atoms with Gasteiger partial charge in [-0.15, -0.1) is 0 Å². The predicted octanol–water partition coefficient (Wildman–Crippen LogP) is 8.08. The Morgan fingerprint density at radius 2 is 1.73 bits per heavy atom. The van der Waals surface area contributed by atoms with Gasteiger partial charge in [0.1, 0.15) is 11.9 Å². The summed E-state index contributed by atoms with van der Waals surface area (Å²) >= 11 is 0. The summed E-state index contributed by atoms with van der Waals surface area (Å²) in [7, 11) is 0.488. The van der Waals surface area contributed by atoms with E-state index in [0.29, 0.717) is 31.4 Å². The van der Waals surface area contributed by atoms with Crippen LogP contribution >= 0.6 is 0 Å². The number of fused-ring (bicyclic) bond motifs is 5. The summed E-state index contributed by atoms with van der Waals surface area (Å²) in [6.45, 7) is 7.83. The van der Waals surface area contributed by atoms with Crippen LogP contribution in [-0.4, -0.2) is 69.2 Å².